The van der Waals surface area contributed by atoms with E-state index >= 15 is 0 Å². The van der Waals surface area contributed by atoms with Crippen molar-refractivity contribution >= 4 is 0 Å². The highest BCUT2D eigenvalue weighted by atomic mass is 16.5. The van der Waals surface area contributed by atoms with Gasteiger partial charge in [-0.3, -0.25) is 4.90 Å². The first-order chi connectivity index (χ1) is 8.13. The first-order valence-corrected chi connectivity index (χ1v) is 7.17. The van der Waals surface area contributed by atoms with Crippen LogP contribution in [0.15, 0.2) is 0 Å². The SMILES string of the molecule is CC[C@@H](NC[C@H](C)CN1CCOCC1)C(C)C. The molecular weight excluding hydrogens is 212 g/mol. The Balaban J connectivity index is 2.17. The van der Waals surface area contributed by atoms with Crippen molar-refractivity contribution in [2.45, 2.75) is 40.2 Å². The van der Waals surface area contributed by atoms with Crippen LogP contribution in [0.3, 0.4) is 0 Å². The summed E-state index contributed by atoms with van der Waals surface area (Å²) >= 11 is 0. The summed E-state index contributed by atoms with van der Waals surface area (Å²) in [4.78, 5) is 2.52. The zero-order valence-corrected chi connectivity index (χ0v) is 12.0. The summed E-state index contributed by atoms with van der Waals surface area (Å²) in [7, 11) is 0. The molecule has 17 heavy (non-hydrogen) atoms. The predicted octanol–water partition coefficient (Wildman–Crippen LogP) is 1.98. The summed E-state index contributed by atoms with van der Waals surface area (Å²) in [6.45, 7) is 15.6. The summed E-state index contributed by atoms with van der Waals surface area (Å²) in [5.41, 5.74) is 0. The topological polar surface area (TPSA) is 24.5 Å². The smallest absolute Gasteiger partial charge is 0.0594 e. The molecule has 0 aromatic rings. The van der Waals surface area contributed by atoms with Crippen LogP contribution in [0.4, 0.5) is 0 Å². The molecule has 1 aliphatic rings. The number of hydrogen-bond donors (Lipinski definition) is 1. The Hall–Kier alpha value is -0.120. The molecule has 3 heteroatoms. The van der Waals surface area contributed by atoms with Crippen molar-refractivity contribution in [3.8, 4) is 0 Å². The molecular formula is C14H30N2O. The molecule has 0 spiro atoms. The number of rotatable bonds is 7. The van der Waals surface area contributed by atoms with Gasteiger partial charge in [0.1, 0.15) is 0 Å². The second kappa shape index (κ2) is 8.06. The maximum absolute atomic E-state index is 5.37. The van der Waals surface area contributed by atoms with E-state index in [1.807, 2.05) is 0 Å². The molecule has 0 aliphatic carbocycles. The van der Waals surface area contributed by atoms with Gasteiger partial charge in [0.2, 0.25) is 0 Å². The van der Waals surface area contributed by atoms with E-state index in [4.69, 9.17) is 4.74 Å². The van der Waals surface area contributed by atoms with Crippen LogP contribution in [0.2, 0.25) is 0 Å². The summed E-state index contributed by atoms with van der Waals surface area (Å²) in [5, 5.41) is 3.70. The van der Waals surface area contributed by atoms with E-state index < -0.39 is 0 Å². The predicted molar refractivity (Wildman–Crippen MR) is 73.3 cm³/mol. The minimum Gasteiger partial charge on any atom is -0.379 e. The molecule has 0 saturated carbocycles. The normalized spacial score (nSPS) is 21.7. The highest BCUT2D eigenvalue weighted by Gasteiger charge is 2.15. The van der Waals surface area contributed by atoms with Gasteiger partial charge in [-0.15, -0.1) is 0 Å². The van der Waals surface area contributed by atoms with Gasteiger partial charge >= 0.3 is 0 Å². The van der Waals surface area contributed by atoms with Gasteiger partial charge in [-0.1, -0.05) is 27.7 Å². The van der Waals surface area contributed by atoms with Crippen LogP contribution >= 0.6 is 0 Å². The number of nitrogens with one attached hydrogen (secondary N) is 1. The number of ether oxygens (including phenoxy) is 1. The number of morpholine rings is 1. The van der Waals surface area contributed by atoms with E-state index in [0.717, 1.165) is 44.7 Å². The second-order valence-corrected chi connectivity index (χ2v) is 5.69. The fourth-order valence-corrected chi connectivity index (χ4v) is 2.49. The zero-order chi connectivity index (χ0) is 12.7. The van der Waals surface area contributed by atoms with Gasteiger partial charge in [0, 0.05) is 25.7 Å². The van der Waals surface area contributed by atoms with Gasteiger partial charge in [-0.25, -0.2) is 0 Å². The quantitative estimate of drug-likeness (QED) is 0.739. The average Bonchev–Trinajstić information content (AvgIpc) is 2.30. The molecule has 1 saturated heterocycles. The molecule has 0 aromatic carbocycles. The van der Waals surface area contributed by atoms with E-state index in [1.165, 1.54) is 13.0 Å². The highest BCUT2D eigenvalue weighted by Crippen LogP contribution is 2.07. The lowest BCUT2D eigenvalue weighted by Crippen LogP contribution is -2.42. The van der Waals surface area contributed by atoms with E-state index in [2.05, 4.69) is 37.9 Å². The molecule has 102 valence electrons. The molecule has 1 fully saturated rings. The molecule has 0 amide bonds. The summed E-state index contributed by atoms with van der Waals surface area (Å²) in [5.74, 6) is 1.46. The van der Waals surface area contributed by atoms with Gasteiger partial charge in [0.15, 0.2) is 0 Å². The highest BCUT2D eigenvalue weighted by molar-refractivity contribution is 4.72. The fraction of sp³-hybridized carbons (Fsp3) is 1.00. The molecule has 2 atom stereocenters. The summed E-state index contributed by atoms with van der Waals surface area (Å²) in [6, 6.07) is 0.669. The van der Waals surface area contributed by atoms with Gasteiger partial charge in [0.25, 0.3) is 0 Å². The van der Waals surface area contributed by atoms with Crippen molar-refractivity contribution in [2.24, 2.45) is 11.8 Å². The van der Waals surface area contributed by atoms with E-state index in [9.17, 15) is 0 Å². The lowest BCUT2D eigenvalue weighted by atomic mass is 10.0. The summed E-state index contributed by atoms with van der Waals surface area (Å²) in [6.07, 6.45) is 1.22. The van der Waals surface area contributed by atoms with Gasteiger partial charge in [0.05, 0.1) is 13.2 Å². The van der Waals surface area contributed by atoms with Crippen LogP contribution in [0.5, 0.6) is 0 Å². The Morgan fingerprint density at radius 2 is 1.82 bits per heavy atom. The Labute approximate surface area is 107 Å². The van der Waals surface area contributed by atoms with Crippen molar-refractivity contribution in [2.75, 3.05) is 39.4 Å². The Bertz CT molecular complexity index is 191. The number of hydrogen-bond acceptors (Lipinski definition) is 3. The third-order valence-electron chi connectivity index (χ3n) is 3.65. The van der Waals surface area contributed by atoms with E-state index in [-0.39, 0.29) is 0 Å². The van der Waals surface area contributed by atoms with Crippen molar-refractivity contribution in [3.63, 3.8) is 0 Å². The van der Waals surface area contributed by atoms with E-state index in [0.29, 0.717) is 6.04 Å². The molecule has 1 aliphatic heterocycles. The zero-order valence-electron chi connectivity index (χ0n) is 12.0. The Morgan fingerprint density at radius 3 is 2.35 bits per heavy atom. The molecule has 1 heterocycles. The van der Waals surface area contributed by atoms with Gasteiger partial charge < -0.3 is 10.1 Å². The minimum absolute atomic E-state index is 0.669. The third kappa shape index (κ3) is 5.84. The van der Waals surface area contributed by atoms with Crippen LogP contribution in [-0.4, -0.2) is 50.3 Å². The Kier molecular flexibility index (Phi) is 7.09. The maximum atomic E-state index is 5.37. The molecule has 0 radical (unpaired) electrons. The van der Waals surface area contributed by atoms with Crippen molar-refractivity contribution in [3.05, 3.63) is 0 Å². The van der Waals surface area contributed by atoms with E-state index in [1.54, 1.807) is 0 Å². The first kappa shape index (κ1) is 14.9. The molecule has 0 bridgehead atoms. The second-order valence-electron chi connectivity index (χ2n) is 5.69. The fourth-order valence-electron chi connectivity index (χ4n) is 2.49. The maximum Gasteiger partial charge on any atom is 0.0594 e. The molecule has 1 rings (SSSR count). The van der Waals surface area contributed by atoms with Crippen LogP contribution in [0.1, 0.15) is 34.1 Å². The first-order valence-electron chi connectivity index (χ1n) is 7.17. The van der Waals surface area contributed by atoms with Gasteiger partial charge in [-0.2, -0.15) is 0 Å². The molecule has 0 aromatic heterocycles. The minimum atomic E-state index is 0.669. The standard InChI is InChI=1S/C14H30N2O/c1-5-14(12(2)3)15-10-13(4)11-16-6-8-17-9-7-16/h12-15H,5-11H2,1-4H3/t13-,14+/m0/s1. The summed E-state index contributed by atoms with van der Waals surface area (Å²) < 4.78 is 5.37. The lowest BCUT2D eigenvalue weighted by Gasteiger charge is -2.30. The number of nitrogens with zero attached hydrogens (tertiary/aromatic N) is 1. The molecule has 1 N–H and O–H groups in total. The van der Waals surface area contributed by atoms with Crippen LogP contribution in [-0.2, 0) is 4.74 Å². The molecule has 3 nitrogen and oxygen atoms in total. The van der Waals surface area contributed by atoms with Gasteiger partial charge in [-0.05, 0) is 24.8 Å². The molecule has 0 unspecified atom stereocenters. The van der Waals surface area contributed by atoms with Crippen LogP contribution < -0.4 is 5.32 Å². The monoisotopic (exact) mass is 242 g/mol. The van der Waals surface area contributed by atoms with Crippen LogP contribution in [0.25, 0.3) is 0 Å². The van der Waals surface area contributed by atoms with Crippen LogP contribution in [0, 0.1) is 11.8 Å². The van der Waals surface area contributed by atoms with Crippen molar-refractivity contribution < 1.29 is 4.74 Å². The van der Waals surface area contributed by atoms with Crippen molar-refractivity contribution in [1.82, 2.24) is 10.2 Å². The van der Waals surface area contributed by atoms with Crippen molar-refractivity contribution in [1.29, 1.82) is 0 Å². The lowest BCUT2D eigenvalue weighted by molar-refractivity contribution is 0.0315. The third-order valence-corrected chi connectivity index (χ3v) is 3.65. The Morgan fingerprint density at radius 1 is 1.18 bits per heavy atom. The largest absolute Gasteiger partial charge is 0.379 e. The average molecular weight is 242 g/mol.